The zero-order valence-electron chi connectivity index (χ0n) is 8.30. The number of thioether (sulfide) groups is 1. The fourth-order valence-electron chi connectivity index (χ4n) is 1.26. The first-order valence-electron chi connectivity index (χ1n) is 4.48. The van der Waals surface area contributed by atoms with Gasteiger partial charge in [-0.05, 0) is 30.0 Å². The van der Waals surface area contributed by atoms with E-state index >= 15 is 0 Å². The van der Waals surface area contributed by atoms with Gasteiger partial charge >= 0.3 is 0 Å². The van der Waals surface area contributed by atoms with Crippen molar-refractivity contribution in [1.29, 1.82) is 0 Å². The number of carbonyl (C=O) groups excluding carboxylic acids is 1. The Balaban J connectivity index is 2.43. The summed E-state index contributed by atoms with van der Waals surface area (Å²) < 4.78 is 0. The van der Waals surface area contributed by atoms with E-state index in [1.165, 1.54) is 18.2 Å². The van der Waals surface area contributed by atoms with Gasteiger partial charge in [0.25, 0.3) is 5.24 Å². The lowest BCUT2D eigenvalue weighted by Crippen LogP contribution is -2.15. The molecule has 4 N–H and O–H groups in total. The van der Waals surface area contributed by atoms with E-state index in [2.05, 4.69) is 5.32 Å². The molecule has 0 spiro atoms. The summed E-state index contributed by atoms with van der Waals surface area (Å²) in [7, 11) is 0. The van der Waals surface area contributed by atoms with Crippen LogP contribution in [0.5, 0.6) is 17.2 Å². The molecule has 1 fully saturated rings. The van der Waals surface area contributed by atoms with E-state index in [-0.39, 0.29) is 15.8 Å². The molecule has 7 heteroatoms. The Morgan fingerprint density at radius 3 is 2.53 bits per heavy atom. The van der Waals surface area contributed by atoms with Crippen LogP contribution in [0.3, 0.4) is 0 Å². The van der Waals surface area contributed by atoms with E-state index in [0.717, 1.165) is 11.8 Å². The van der Waals surface area contributed by atoms with E-state index < -0.39 is 17.2 Å². The van der Waals surface area contributed by atoms with Crippen molar-refractivity contribution in [3.05, 3.63) is 22.6 Å². The molecule has 0 saturated carbocycles. The molecule has 2 rings (SSSR count). The van der Waals surface area contributed by atoms with Crippen molar-refractivity contribution >= 4 is 40.3 Å². The van der Waals surface area contributed by atoms with Crippen molar-refractivity contribution in [2.75, 3.05) is 0 Å². The molecule has 0 aromatic heterocycles. The molecule has 0 aliphatic carbocycles. The third kappa shape index (κ3) is 2.20. The molecule has 1 aliphatic rings. The highest BCUT2D eigenvalue weighted by atomic mass is 32.2. The second-order valence-corrected chi connectivity index (χ2v) is 4.65. The van der Waals surface area contributed by atoms with Crippen LogP contribution in [-0.2, 0) is 0 Å². The van der Waals surface area contributed by atoms with Crippen molar-refractivity contribution in [3.63, 3.8) is 0 Å². The highest BCUT2D eigenvalue weighted by Crippen LogP contribution is 2.39. The molecular weight excluding hydrogens is 262 g/mol. The Morgan fingerprint density at radius 1 is 1.24 bits per heavy atom. The molecular formula is C10H7NO4S2. The van der Waals surface area contributed by atoms with Gasteiger partial charge in [0, 0.05) is 5.56 Å². The van der Waals surface area contributed by atoms with Gasteiger partial charge in [-0.2, -0.15) is 0 Å². The molecule has 1 saturated heterocycles. The highest BCUT2D eigenvalue weighted by Gasteiger charge is 2.22. The number of amides is 1. The smallest absolute Gasteiger partial charge is 0.289 e. The summed E-state index contributed by atoms with van der Waals surface area (Å²) in [6.45, 7) is 0. The molecule has 0 atom stereocenters. The molecule has 1 amide bonds. The third-order valence-corrected chi connectivity index (χ3v) is 3.37. The predicted molar refractivity (Wildman–Crippen MR) is 68.1 cm³/mol. The lowest BCUT2D eigenvalue weighted by Gasteiger charge is -2.04. The first kappa shape index (κ1) is 11.7. The lowest BCUT2D eigenvalue weighted by molar-refractivity contribution is 0.265. The number of phenolic OH excluding ortho intramolecular Hbond substituents is 3. The summed E-state index contributed by atoms with van der Waals surface area (Å²) in [4.78, 5) is 11.8. The second kappa shape index (κ2) is 4.27. The van der Waals surface area contributed by atoms with Gasteiger partial charge in [0.15, 0.2) is 11.5 Å². The molecule has 0 unspecified atom stereocenters. The molecule has 0 radical (unpaired) electrons. The van der Waals surface area contributed by atoms with Gasteiger partial charge in [0.05, 0.1) is 4.91 Å². The van der Waals surface area contributed by atoms with Crippen molar-refractivity contribution in [2.45, 2.75) is 0 Å². The molecule has 88 valence electrons. The Labute approximate surface area is 106 Å². The first-order valence-corrected chi connectivity index (χ1v) is 5.70. The SMILES string of the molecule is O=C1NC(=S)/C(=C\c2ccc(O)c(O)c2O)S1. The number of hydrogen-bond donors (Lipinski definition) is 4. The number of phenols is 3. The van der Waals surface area contributed by atoms with Crippen LogP contribution in [0.15, 0.2) is 17.0 Å². The third-order valence-electron chi connectivity index (χ3n) is 2.09. The minimum absolute atomic E-state index is 0.265. The Hall–Kier alpha value is -1.73. The van der Waals surface area contributed by atoms with Crippen molar-refractivity contribution in [3.8, 4) is 17.2 Å². The van der Waals surface area contributed by atoms with Crippen molar-refractivity contribution < 1.29 is 20.1 Å². The van der Waals surface area contributed by atoms with Gasteiger partial charge in [0.1, 0.15) is 4.99 Å². The average Bonchev–Trinajstić information content (AvgIpc) is 2.58. The topological polar surface area (TPSA) is 89.8 Å². The Kier molecular flexibility index (Phi) is 2.95. The fraction of sp³-hybridized carbons (Fsp3) is 0. The maximum absolute atomic E-state index is 11.0. The van der Waals surface area contributed by atoms with Crippen LogP contribution in [-0.4, -0.2) is 25.5 Å². The minimum atomic E-state index is -0.604. The molecule has 0 bridgehead atoms. The van der Waals surface area contributed by atoms with E-state index in [4.69, 9.17) is 17.3 Å². The molecule has 1 heterocycles. The zero-order chi connectivity index (χ0) is 12.6. The molecule has 17 heavy (non-hydrogen) atoms. The minimum Gasteiger partial charge on any atom is -0.504 e. The van der Waals surface area contributed by atoms with Gasteiger partial charge < -0.3 is 20.6 Å². The molecule has 1 aliphatic heterocycles. The number of hydrogen-bond acceptors (Lipinski definition) is 6. The Bertz CT molecular complexity index is 553. The monoisotopic (exact) mass is 269 g/mol. The normalized spacial score (nSPS) is 17.5. The summed E-state index contributed by atoms with van der Waals surface area (Å²) in [5.74, 6) is -1.48. The fourth-order valence-corrected chi connectivity index (χ4v) is 2.29. The summed E-state index contributed by atoms with van der Waals surface area (Å²) in [6.07, 6.45) is 1.46. The van der Waals surface area contributed by atoms with Crippen LogP contribution in [0.1, 0.15) is 5.56 Å². The summed E-state index contributed by atoms with van der Waals surface area (Å²) >= 11 is 5.81. The highest BCUT2D eigenvalue weighted by molar-refractivity contribution is 8.19. The predicted octanol–water partition coefficient (Wildman–Crippen LogP) is 1.93. The van der Waals surface area contributed by atoms with Crippen LogP contribution < -0.4 is 5.32 Å². The van der Waals surface area contributed by atoms with Crippen LogP contribution >= 0.6 is 24.0 Å². The van der Waals surface area contributed by atoms with Crippen LogP contribution in [0.2, 0.25) is 0 Å². The maximum atomic E-state index is 11.0. The quantitative estimate of drug-likeness (QED) is 0.354. The van der Waals surface area contributed by atoms with Crippen LogP contribution in [0, 0.1) is 0 Å². The summed E-state index contributed by atoms with van der Waals surface area (Å²) in [5, 5.41) is 30.2. The van der Waals surface area contributed by atoms with Gasteiger partial charge in [-0.1, -0.05) is 12.2 Å². The van der Waals surface area contributed by atoms with Gasteiger partial charge in [0.2, 0.25) is 5.75 Å². The number of carbonyl (C=O) groups is 1. The van der Waals surface area contributed by atoms with Crippen LogP contribution in [0.4, 0.5) is 4.79 Å². The maximum Gasteiger partial charge on any atom is 0.289 e. The number of thiocarbonyl (C=S) groups is 1. The summed E-state index contributed by atoms with van der Waals surface area (Å²) in [6, 6.07) is 2.64. The number of rotatable bonds is 1. The molecule has 1 aromatic carbocycles. The first-order chi connectivity index (χ1) is 7.99. The Morgan fingerprint density at radius 2 is 1.94 bits per heavy atom. The number of nitrogens with one attached hydrogen (secondary N) is 1. The average molecular weight is 269 g/mol. The van der Waals surface area contributed by atoms with Crippen LogP contribution in [0.25, 0.3) is 6.08 Å². The zero-order valence-corrected chi connectivity index (χ0v) is 9.93. The van der Waals surface area contributed by atoms with E-state index in [0.29, 0.717) is 4.91 Å². The van der Waals surface area contributed by atoms with E-state index in [1.54, 1.807) is 0 Å². The number of benzene rings is 1. The van der Waals surface area contributed by atoms with Gasteiger partial charge in [-0.3, -0.25) is 4.79 Å². The molecule has 1 aromatic rings. The van der Waals surface area contributed by atoms with Gasteiger partial charge in [-0.15, -0.1) is 0 Å². The summed E-state index contributed by atoms with van der Waals surface area (Å²) in [5.41, 5.74) is 0.265. The number of aromatic hydroxyl groups is 3. The second-order valence-electron chi connectivity index (χ2n) is 3.22. The van der Waals surface area contributed by atoms with E-state index in [9.17, 15) is 15.0 Å². The van der Waals surface area contributed by atoms with Crippen molar-refractivity contribution in [1.82, 2.24) is 5.32 Å². The molecule has 5 nitrogen and oxygen atoms in total. The van der Waals surface area contributed by atoms with Crippen molar-refractivity contribution in [2.24, 2.45) is 0 Å². The van der Waals surface area contributed by atoms with E-state index in [1.807, 2.05) is 0 Å². The largest absolute Gasteiger partial charge is 0.504 e. The van der Waals surface area contributed by atoms with Gasteiger partial charge in [-0.25, -0.2) is 0 Å². The lowest BCUT2D eigenvalue weighted by atomic mass is 10.1. The standard InChI is InChI=1S/C10H7NO4S2/c12-5-2-1-4(7(13)8(5)14)3-6-9(16)11-10(15)17-6/h1-3,12-14H,(H,11,15,16)/b6-3+.